The van der Waals surface area contributed by atoms with Crippen LogP contribution in [0.1, 0.15) is 29.8 Å². The minimum absolute atomic E-state index is 0.250. The van der Waals surface area contributed by atoms with Gasteiger partial charge in [0.1, 0.15) is 0 Å². The Bertz CT molecular complexity index is 455. The van der Waals surface area contributed by atoms with Crippen LogP contribution in [0.4, 0.5) is 0 Å². The Hall–Kier alpha value is -0.710. The molecule has 2 nitrogen and oxygen atoms in total. The molecule has 0 saturated carbocycles. The first-order valence-corrected chi connectivity index (χ1v) is 7.30. The van der Waals surface area contributed by atoms with Gasteiger partial charge in [-0.3, -0.25) is 4.98 Å². The van der Waals surface area contributed by atoms with Crippen LogP contribution < -0.4 is 5.32 Å². The highest BCUT2D eigenvalue weighted by molar-refractivity contribution is 9.11. The molecule has 17 heavy (non-hydrogen) atoms. The maximum atomic E-state index is 4.20. The molecule has 2 rings (SSSR count). The van der Waals surface area contributed by atoms with Gasteiger partial charge in [-0.2, -0.15) is 0 Å². The van der Waals surface area contributed by atoms with Crippen molar-refractivity contribution < 1.29 is 0 Å². The third-order valence-corrected chi connectivity index (χ3v) is 4.18. The number of rotatable bonds is 5. The van der Waals surface area contributed by atoms with E-state index >= 15 is 0 Å². The minimum Gasteiger partial charge on any atom is -0.306 e. The fourth-order valence-electron chi connectivity index (χ4n) is 1.70. The lowest BCUT2D eigenvalue weighted by atomic mass is 10.1. The average Bonchev–Trinajstić information content (AvgIpc) is 2.78. The van der Waals surface area contributed by atoms with Gasteiger partial charge in [-0.25, -0.2) is 0 Å². The number of thiophene rings is 1. The summed E-state index contributed by atoms with van der Waals surface area (Å²) in [6.07, 6.45) is 4.87. The monoisotopic (exact) mass is 310 g/mol. The number of aromatic nitrogens is 1. The Morgan fingerprint density at radius 1 is 1.41 bits per heavy atom. The van der Waals surface area contributed by atoms with Crippen LogP contribution in [0.2, 0.25) is 0 Å². The number of halogens is 1. The molecule has 2 heterocycles. The zero-order valence-electron chi connectivity index (χ0n) is 9.69. The van der Waals surface area contributed by atoms with Gasteiger partial charge in [0.2, 0.25) is 0 Å². The van der Waals surface area contributed by atoms with Crippen LogP contribution in [-0.2, 0) is 0 Å². The molecule has 2 aromatic heterocycles. The highest BCUT2D eigenvalue weighted by Gasteiger charge is 2.15. The van der Waals surface area contributed by atoms with E-state index in [-0.39, 0.29) is 6.04 Å². The Labute approximate surface area is 114 Å². The SMILES string of the molecule is CCCNC(c1cccnc1)c1ccc(Br)s1. The highest BCUT2D eigenvalue weighted by Crippen LogP contribution is 2.30. The molecule has 0 fully saturated rings. The van der Waals surface area contributed by atoms with Crippen molar-refractivity contribution in [3.05, 3.63) is 50.9 Å². The Kier molecular flexibility index (Phi) is 4.71. The standard InChI is InChI=1S/C13H15BrN2S/c1-2-7-16-13(10-4-3-8-15-9-10)11-5-6-12(14)17-11/h3-6,8-9,13,16H,2,7H2,1H3. The van der Waals surface area contributed by atoms with Crippen molar-refractivity contribution in [3.63, 3.8) is 0 Å². The lowest BCUT2D eigenvalue weighted by molar-refractivity contribution is 0.604. The summed E-state index contributed by atoms with van der Waals surface area (Å²) in [5, 5.41) is 3.56. The molecule has 0 amide bonds. The predicted molar refractivity (Wildman–Crippen MR) is 76.4 cm³/mol. The smallest absolute Gasteiger partial charge is 0.0702 e. The molecule has 90 valence electrons. The van der Waals surface area contributed by atoms with E-state index in [2.05, 4.69) is 51.4 Å². The van der Waals surface area contributed by atoms with Gasteiger partial charge >= 0.3 is 0 Å². The quantitative estimate of drug-likeness (QED) is 0.903. The van der Waals surface area contributed by atoms with Gasteiger partial charge in [-0.15, -0.1) is 11.3 Å². The van der Waals surface area contributed by atoms with Crippen LogP contribution in [-0.4, -0.2) is 11.5 Å². The zero-order chi connectivity index (χ0) is 12.1. The van der Waals surface area contributed by atoms with Gasteiger partial charge in [-0.1, -0.05) is 13.0 Å². The maximum absolute atomic E-state index is 4.20. The van der Waals surface area contributed by atoms with E-state index in [1.165, 1.54) is 14.2 Å². The molecule has 1 N–H and O–H groups in total. The van der Waals surface area contributed by atoms with Crippen molar-refractivity contribution in [2.75, 3.05) is 6.54 Å². The van der Waals surface area contributed by atoms with Crippen molar-refractivity contribution in [1.29, 1.82) is 0 Å². The molecule has 2 aromatic rings. The van der Waals surface area contributed by atoms with E-state index in [4.69, 9.17) is 0 Å². The van der Waals surface area contributed by atoms with Gasteiger partial charge in [-0.05, 0) is 52.7 Å². The minimum atomic E-state index is 0.250. The average molecular weight is 311 g/mol. The lowest BCUT2D eigenvalue weighted by Gasteiger charge is -2.17. The molecule has 4 heteroatoms. The van der Waals surface area contributed by atoms with Crippen molar-refractivity contribution >= 4 is 27.3 Å². The molecule has 1 atom stereocenters. The van der Waals surface area contributed by atoms with Crippen molar-refractivity contribution in [1.82, 2.24) is 10.3 Å². The summed E-state index contributed by atoms with van der Waals surface area (Å²) in [6.45, 7) is 3.19. The molecule has 0 bridgehead atoms. The summed E-state index contributed by atoms with van der Waals surface area (Å²) in [7, 11) is 0. The van der Waals surface area contributed by atoms with E-state index in [9.17, 15) is 0 Å². The first-order valence-electron chi connectivity index (χ1n) is 5.70. The van der Waals surface area contributed by atoms with E-state index in [1.807, 2.05) is 18.5 Å². The van der Waals surface area contributed by atoms with Crippen LogP contribution >= 0.6 is 27.3 Å². The van der Waals surface area contributed by atoms with E-state index in [0.29, 0.717) is 0 Å². The van der Waals surface area contributed by atoms with Crippen LogP contribution in [0.3, 0.4) is 0 Å². The lowest BCUT2D eigenvalue weighted by Crippen LogP contribution is -2.22. The van der Waals surface area contributed by atoms with Gasteiger partial charge < -0.3 is 5.32 Å². The molecule has 0 aliphatic rings. The van der Waals surface area contributed by atoms with Crippen LogP contribution in [0.5, 0.6) is 0 Å². The van der Waals surface area contributed by atoms with Gasteiger partial charge in [0.25, 0.3) is 0 Å². The summed E-state index contributed by atoms with van der Waals surface area (Å²) in [5.41, 5.74) is 1.22. The normalized spacial score (nSPS) is 12.6. The Balaban J connectivity index is 2.25. The second-order valence-corrected chi connectivity index (χ2v) is 6.31. The number of nitrogens with zero attached hydrogens (tertiary/aromatic N) is 1. The second-order valence-electron chi connectivity index (χ2n) is 3.82. The van der Waals surface area contributed by atoms with Crippen LogP contribution in [0.15, 0.2) is 40.4 Å². The van der Waals surface area contributed by atoms with E-state index in [1.54, 1.807) is 11.3 Å². The van der Waals surface area contributed by atoms with Gasteiger partial charge in [0.15, 0.2) is 0 Å². The van der Waals surface area contributed by atoms with Crippen molar-refractivity contribution in [2.24, 2.45) is 0 Å². The molecule has 0 aromatic carbocycles. The largest absolute Gasteiger partial charge is 0.306 e. The van der Waals surface area contributed by atoms with E-state index < -0.39 is 0 Å². The summed E-state index contributed by atoms with van der Waals surface area (Å²) in [6, 6.07) is 8.61. The van der Waals surface area contributed by atoms with E-state index in [0.717, 1.165) is 13.0 Å². The number of hydrogen-bond donors (Lipinski definition) is 1. The first kappa shape index (κ1) is 12.7. The van der Waals surface area contributed by atoms with Crippen molar-refractivity contribution in [2.45, 2.75) is 19.4 Å². The van der Waals surface area contributed by atoms with Gasteiger partial charge in [0, 0.05) is 17.3 Å². The number of nitrogens with one attached hydrogen (secondary N) is 1. The molecular formula is C13H15BrN2S. The summed E-state index contributed by atoms with van der Waals surface area (Å²) in [5.74, 6) is 0. The van der Waals surface area contributed by atoms with Crippen LogP contribution in [0.25, 0.3) is 0 Å². The third kappa shape index (κ3) is 3.37. The molecule has 0 saturated heterocycles. The Morgan fingerprint density at radius 3 is 2.88 bits per heavy atom. The topological polar surface area (TPSA) is 24.9 Å². The number of pyridine rings is 1. The zero-order valence-corrected chi connectivity index (χ0v) is 12.1. The molecule has 0 aliphatic carbocycles. The fourth-order valence-corrected chi connectivity index (χ4v) is 3.23. The van der Waals surface area contributed by atoms with Gasteiger partial charge in [0.05, 0.1) is 9.83 Å². The molecule has 0 aliphatic heterocycles. The predicted octanol–water partition coefficient (Wildman–Crippen LogP) is 3.99. The first-order chi connectivity index (χ1) is 8.31. The highest BCUT2D eigenvalue weighted by atomic mass is 79.9. The molecule has 0 radical (unpaired) electrons. The summed E-state index contributed by atoms with van der Waals surface area (Å²) >= 11 is 5.28. The fraction of sp³-hybridized carbons (Fsp3) is 0.308. The molecule has 1 unspecified atom stereocenters. The van der Waals surface area contributed by atoms with Crippen molar-refractivity contribution in [3.8, 4) is 0 Å². The Morgan fingerprint density at radius 2 is 2.29 bits per heavy atom. The summed E-state index contributed by atoms with van der Waals surface area (Å²) < 4.78 is 1.17. The molecule has 0 spiro atoms. The maximum Gasteiger partial charge on any atom is 0.0702 e. The third-order valence-electron chi connectivity index (χ3n) is 2.49. The second kappa shape index (κ2) is 6.28. The number of hydrogen-bond acceptors (Lipinski definition) is 3. The summed E-state index contributed by atoms with van der Waals surface area (Å²) in [4.78, 5) is 5.52. The molecular weight excluding hydrogens is 296 g/mol. The van der Waals surface area contributed by atoms with Crippen LogP contribution in [0, 0.1) is 0 Å².